The minimum absolute atomic E-state index is 0.914. The van der Waals surface area contributed by atoms with Crippen LogP contribution in [-0.4, -0.2) is 0 Å². The van der Waals surface area contributed by atoms with Gasteiger partial charge in [0, 0.05) is 10.9 Å². The summed E-state index contributed by atoms with van der Waals surface area (Å²) in [6.07, 6.45) is 0. The monoisotopic (exact) mass is 570 g/mol. The Labute approximate surface area is 260 Å². The molecule has 10 rings (SSSR count). The quantitative estimate of drug-likeness (QED) is 0.192. The van der Waals surface area contributed by atoms with Gasteiger partial charge in [0.15, 0.2) is 0 Å². The molecule has 0 aliphatic carbocycles. The Hall–Kier alpha value is -5.92. The molecule has 208 valence electrons. The molecular formula is C44H26O. The van der Waals surface area contributed by atoms with Crippen LogP contribution in [0.5, 0.6) is 11.5 Å². The molecule has 0 N–H and O–H groups in total. The number of hydrogen-bond acceptors (Lipinski definition) is 1. The van der Waals surface area contributed by atoms with Crippen molar-refractivity contribution in [3.05, 3.63) is 158 Å². The molecule has 1 heterocycles. The Balaban J connectivity index is 1.10. The van der Waals surface area contributed by atoms with Crippen LogP contribution in [-0.2, 0) is 0 Å². The first-order chi connectivity index (χ1) is 22.3. The molecule has 0 saturated heterocycles. The number of ether oxygens (including phenoxy) is 1. The van der Waals surface area contributed by atoms with Gasteiger partial charge < -0.3 is 4.74 Å². The van der Waals surface area contributed by atoms with Gasteiger partial charge in [-0.3, -0.25) is 0 Å². The van der Waals surface area contributed by atoms with Crippen LogP contribution >= 0.6 is 0 Å². The Bertz CT molecular complexity index is 2610. The van der Waals surface area contributed by atoms with Gasteiger partial charge in [0.2, 0.25) is 0 Å². The van der Waals surface area contributed by atoms with Gasteiger partial charge in [-0.05, 0) is 101 Å². The van der Waals surface area contributed by atoms with E-state index in [9.17, 15) is 0 Å². The highest BCUT2D eigenvalue weighted by Gasteiger charge is 2.21. The Morgan fingerprint density at radius 1 is 0.289 bits per heavy atom. The van der Waals surface area contributed by atoms with E-state index in [1.165, 1.54) is 82.0 Å². The van der Waals surface area contributed by atoms with Crippen LogP contribution in [0.4, 0.5) is 0 Å². The Morgan fingerprint density at radius 3 is 1.62 bits per heavy atom. The summed E-state index contributed by atoms with van der Waals surface area (Å²) in [5, 5.41) is 10.3. The molecule has 9 aromatic rings. The van der Waals surface area contributed by atoms with Crippen molar-refractivity contribution in [1.29, 1.82) is 0 Å². The summed E-state index contributed by atoms with van der Waals surface area (Å²) in [5.74, 6) is 1.83. The van der Waals surface area contributed by atoms with Crippen molar-refractivity contribution in [2.45, 2.75) is 0 Å². The molecular weight excluding hydrogens is 544 g/mol. The van der Waals surface area contributed by atoms with Crippen LogP contribution in [0.15, 0.2) is 158 Å². The first kappa shape index (κ1) is 24.5. The Morgan fingerprint density at radius 2 is 0.844 bits per heavy atom. The predicted octanol–water partition coefficient (Wildman–Crippen LogP) is 12.5. The van der Waals surface area contributed by atoms with Crippen molar-refractivity contribution in [2.75, 3.05) is 0 Å². The summed E-state index contributed by atoms with van der Waals surface area (Å²) in [4.78, 5) is 0. The van der Waals surface area contributed by atoms with Gasteiger partial charge >= 0.3 is 0 Å². The SMILES string of the molecule is c1cc(-c2cccc(-c3ccc4ccc5cccc6ccc3c4c56)c2)cc(-c2ccc3c4c(cccc24)-c2ccccc2O3)c1. The molecule has 0 atom stereocenters. The summed E-state index contributed by atoms with van der Waals surface area (Å²) in [5.41, 5.74) is 9.69. The van der Waals surface area contributed by atoms with E-state index in [-0.39, 0.29) is 0 Å². The van der Waals surface area contributed by atoms with Gasteiger partial charge in [0.1, 0.15) is 11.5 Å². The third-order valence-electron chi connectivity index (χ3n) is 9.61. The standard InChI is InChI=1S/C44H26O/c1-2-16-40-36(13-1)38-15-6-14-37-35(23-24-41(45-40)44(37)38)33-12-5-10-31(26-33)30-9-4-11-32(25-30)34-21-19-29-18-17-27-7-3-8-28-20-22-39(34)43(29)42(27)28/h1-26H. The highest BCUT2D eigenvalue weighted by Crippen LogP contribution is 2.48. The number of hydrogen-bond donors (Lipinski definition) is 0. The van der Waals surface area contributed by atoms with E-state index in [0.717, 1.165) is 17.1 Å². The summed E-state index contributed by atoms with van der Waals surface area (Å²) in [6.45, 7) is 0. The highest BCUT2D eigenvalue weighted by molar-refractivity contribution is 6.25. The van der Waals surface area contributed by atoms with Crippen molar-refractivity contribution in [1.82, 2.24) is 0 Å². The minimum atomic E-state index is 0.914. The topological polar surface area (TPSA) is 9.23 Å². The first-order valence-electron chi connectivity index (χ1n) is 15.5. The first-order valence-corrected chi connectivity index (χ1v) is 15.5. The molecule has 1 heteroatoms. The molecule has 0 radical (unpaired) electrons. The summed E-state index contributed by atoms with van der Waals surface area (Å²) in [7, 11) is 0. The van der Waals surface area contributed by atoms with Crippen molar-refractivity contribution < 1.29 is 4.74 Å². The van der Waals surface area contributed by atoms with Crippen molar-refractivity contribution >= 4 is 43.1 Å². The molecule has 0 saturated carbocycles. The molecule has 0 amide bonds. The van der Waals surface area contributed by atoms with Gasteiger partial charge in [-0.15, -0.1) is 0 Å². The molecule has 0 spiro atoms. The Kier molecular flexibility index (Phi) is 5.06. The maximum absolute atomic E-state index is 6.36. The normalized spacial score (nSPS) is 12.2. The number of rotatable bonds is 3. The second-order valence-electron chi connectivity index (χ2n) is 12.1. The van der Waals surface area contributed by atoms with Crippen LogP contribution in [0.2, 0.25) is 0 Å². The zero-order valence-corrected chi connectivity index (χ0v) is 24.4. The zero-order valence-electron chi connectivity index (χ0n) is 24.4. The second-order valence-corrected chi connectivity index (χ2v) is 12.1. The van der Waals surface area contributed by atoms with E-state index in [1.807, 2.05) is 12.1 Å². The van der Waals surface area contributed by atoms with Crippen LogP contribution in [0.3, 0.4) is 0 Å². The van der Waals surface area contributed by atoms with Gasteiger partial charge in [-0.1, -0.05) is 133 Å². The molecule has 1 aliphatic heterocycles. The van der Waals surface area contributed by atoms with E-state index in [1.54, 1.807) is 0 Å². The van der Waals surface area contributed by atoms with Crippen molar-refractivity contribution in [3.63, 3.8) is 0 Å². The predicted molar refractivity (Wildman–Crippen MR) is 189 cm³/mol. The van der Waals surface area contributed by atoms with Crippen molar-refractivity contribution in [2.24, 2.45) is 0 Å². The molecule has 9 aromatic carbocycles. The largest absolute Gasteiger partial charge is 0.456 e. The lowest BCUT2D eigenvalue weighted by Crippen LogP contribution is -1.97. The highest BCUT2D eigenvalue weighted by atomic mass is 16.5. The summed E-state index contributed by atoms with van der Waals surface area (Å²) < 4.78 is 6.36. The fraction of sp³-hybridized carbons (Fsp3) is 0. The maximum atomic E-state index is 6.36. The maximum Gasteiger partial charge on any atom is 0.135 e. The third-order valence-corrected chi connectivity index (χ3v) is 9.61. The lowest BCUT2D eigenvalue weighted by Gasteiger charge is -2.22. The average Bonchev–Trinajstić information content (AvgIpc) is 3.11. The van der Waals surface area contributed by atoms with Gasteiger partial charge in [0.25, 0.3) is 0 Å². The molecule has 0 aromatic heterocycles. The number of para-hydroxylation sites is 1. The smallest absolute Gasteiger partial charge is 0.135 e. The van der Waals surface area contributed by atoms with Crippen LogP contribution < -0.4 is 4.74 Å². The van der Waals surface area contributed by atoms with Crippen LogP contribution in [0, 0.1) is 0 Å². The average molecular weight is 571 g/mol. The van der Waals surface area contributed by atoms with Gasteiger partial charge in [-0.25, -0.2) is 0 Å². The van der Waals surface area contributed by atoms with Gasteiger partial charge in [0.05, 0.1) is 0 Å². The van der Waals surface area contributed by atoms with E-state index >= 15 is 0 Å². The van der Waals surface area contributed by atoms with Gasteiger partial charge in [-0.2, -0.15) is 0 Å². The van der Waals surface area contributed by atoms with Crippen LogP contribution in [0.1, 0.15) is 0 Å². The van der Waals surface area contributed by atoms with Crippen LogP contribution in [0.25, 0.3) is 87.6 Å². The summed E-state index contributed by atoms with van der Waals surface area (Å²) >= 11 is 0. The molecule has 0 bridgehead atoms. The molecule has 0 fully saturated rings. The second kappa shape index (κ2) is 9.29. The minimum Gasteiger partial charge on any atom is -0.456 e. The van der Waals surface area contributed by atoms with Crippen molar-refractivity contribution in [3.8, 4) is 56.0 Å². The van der Waals surface area contributed by atoms with E-state index in [0.29, 0.717) is 0 Å². The molecule has 1 aliphatic rings. The van der Waals surface area contributed by atoms with E-state index in [2.05, 4.69) is 146 Å². The number of fused-ring (bicyclic) bond motifs is 2. The fourth-order valence-corrected chi connectivity index (χ4v) is 7.55. The lowest BCUT2D eigenvalue weighted by molar-refractivity contribution is 0.487. The third kappa shape index (κ3) is 3.62. The zero-order chi connectivity index (χ0) is 29.5. The van der Waals surface area contributed by atoms with E-state index in [4.69, 9.17) is 4.74 Å². The lowest BCUT2D eigenvalue weighted by atomic mass is 9.88. The molecule has 45 heavy (non-hydrogen) atoms. The number of benzene rings is 9. The fourth-order valence-electron chi connectivity index (χ4n) is 7.55. The molecule has 1 nitrogen and oxygen atoms in total. The molecule has 0 unspecified atom stereocenters. The van der Waals surface area contributed by atoms with E-state index < -0.39 is 0 Å². The summed E-state index contributed by atoms with van der Waals surface area (Å²) in [6, 6.07) is 57.4.